The third kappa shape index (κ3) is 3.73. The van der Waals surface area contributed by atoms with Gasteiger partial charge in [0.1, 0.15) is 0 Å². The predicted octanol–water partition coefficient (Wildman–Crippen LogP) is 1.70. The molecule has 2 atom stereocenters. The molecule has 1 amide bonds. The fourth-order valence-corrected chi connectivity index (χ4v) is 2.58. The van der Waals surface area contributed by atoms with Crippen LogP contribution in [0.3, 0.4) is 0 Å². The van der Waals surface area contributed by atoms with E-state index in [1.165, 1.54) is 0 Å². The van der Waals surface area contributed by atoms with Crippen LogP contribution < -0.4 is 0 Å². The van der Waals surface area contributed by atoms with Crippen molar-refractivity contribution < 1.29 is 14.1 Å². The highest BCUT2D eigenvalue weighted by Gasteiger charge is 2.27. The topological polar surface area (TPSA) is 81.4 Å². The van der Waals surface area contributed by atoms with E-state index in [1.807, 2.05) is 30.9 Å². The summed E-state index contributed by atoms with van der Waals surface area (Å²) in [5.41, 5.74) is 0.796. The van der Waals surface area contributed by atoms with Gasteiger partial charge in [0.05, 0.1) is 18.8 Å². The SMILES string of the molecule is CC1CN(C(=O)CCc2nc(-c3cccnc3)no2)C(C)CO1. The van der Waals surface area contributed by atoms with Gasteiger partial charge in [0, 0.05) is 37.3 Å². The van der Waals surface area contributed by atoms with Crippen LogP contribution in [0.15, 0.2) is 29.0 Å². The van der Waals surface area contributed by atoms with E-state index in [-0.39, 0.29) is 18.1 Å². The first kappa shape index (κ1) is 15.6. The number of carbonyl (C=O) groups is 1. The Morgan fingerprint density at radius 1 is 1.43 bits per heavy atom. The van der Waals surface area contributed by atoms with E-state index in [9.17, 15) is 4.79 Å². The van der Waals surface area contributed by atoms with Crippen molar-refractivity contribution in [3.05, 3.63) is 30.4 Å². The van der Waals surface area contributed by atoms with Crippen LogP contribution in [-0.2, 0) is 16.0 Å². The minimum absolute atomic E-state index is 0.0794. The number of morpholine rings is 1. The van der Waals surface area contributed by atoms with E-state index in [0.717, 1.165) is 5.56 Å². The maximum atomic E-state index is 12.4. The number of aromatic nitrogens is 3. The molecule has 122 valence electrons. The molecule has 7 heteroatoms. The Morgan fingerprint density at radius 3 is 3.09 bits per heavy atom. The summed E-state index contributed by atoms with van der Waals surface area (Å²) < 4.78 is 10.8. The minimum Gasteiger partial charge on any atom is -0.375 e. The monoisotopic (exact) mass is 316 g/mol. The molecule has 0 bridgehead atoms. The third-order valence-corrected chi connectivity index (χ3v) is 3.87. The van der Waals surface area contributed by atoms with Gasteiger partial charge in [0.25, 0.3) is 0 Å². The smallest absolute Gasteiger partial charge is 0.227 e. The Bertz CT molecular complexity index is 658. The van der Waals surface area contributed by atoms with Crippen LogP contribution in [0.25, 0.3) is 11.4 Å². The van der Waals surface area contributed by atoms with Gasteiger partial charge in [0.15, 0.2) is 0 Å². The number of ether oxygens (including phenoxy) is 1. The van der Waals surface area contributed by atoms with E-state index in [1.54, 1.807) is 12.4 Å². The van der Waals surface area contributed by atoms with Crippen LogP contribution in [0.1, 0.15) is 26.2 Å². The summed E-state index contributed by atoms with van der Waals surface area (Å²) in [4.78, 5) is 22.6. The number of hydrogen-bond acceptors (Lipinski definition) is 6. The average Bonchev–Trinajstić information content (AvgIpc) is 3.05. The molecule has 7 nitrogen and oxygen atoms in total. The molecule has 2 aromatic heterocycles. The summed E-state index contributed by atoms with van der Waals surface area (Å²) >= 11 is 0. The minimum atomic E-state index is 0.0794. The number of hydrogen-bond donors (Lipinski definition) is 0. The number of rotatable bonds is 4. The van der Waals surface area contributed by atoms with E-state index in [2.05, 4.69) is 15.1 Å². The molecule has 1 fully saturated rings. The van der Waals surface area contributed by atoms with Crippen molar-refractivity contribution in [2.75, 3.05) is 13.2 Å². The quantitative estimate of drug-likeness (QED) is 0.854. The molecular formula is C16H20N4O3. The zero-order chi connectivity index (χ0) is 16.2. The standard InChI is InChI=1S/C16H20N4O3/c1-11-10-22-12(2)9-20(11)15(21)6-5-14-18-16(19-23-14)13-4-3-7-17-8-13/h3-4,7-8,11-12H,5-6,9-10H2,1-2H3. The molecule has 23 heavy (non-hydrogen) atoms. The first-order chi connectivity index (χ1) is 11.1. The molecule has 2 unspecified atom stereocenters. The second-order valence-electron chi connectivity index (χ2n) is 5.79. The Balaban J connectivity index is 1.58. The molecule has 0 aliphatic carbocycles. The molecule has 0 N–H and O–H groups in total. The maximum Gasteiger partial charge on any atom is 0.227 e. The molecule has 0 aromatic carbocycles. The third-order valence-electron chi connectivity index (χ3n) is 3.87. The van der Waals surface area contributed by atoms with Gasteiger partial charge < -0.3 is 14.2 Å². The van der Waals surface area contributed by atoms with Crippen molar-refractivity contribution in [1.82, 2.24) is 20.0 Å². The van der Waals surface area contributed by atoms with Gasteiger partial charge in [-0.2, -0.15) is 4.98 Å². The molecule has 1 saturated heterocycles. The maximum absolute atomic E-state index is 12.4. The van der Waals surface area contributed by atoms with Crippen molar-refractivity contribution in [1.29, 1.82) is 0 Å². The van der Waals surface area contributed by atoms with Gasteiger partial charge in [0.2, 0.25) is 17.6 Å². The lowest BCUT2D eigenvalue weighted by Crippen LogP contribution is -2.50. The van der Waals surface area contributed by atoms with Crippen LogP contribution >= 0.6 is 0 Å². The van der Waals surface area contributed by atoms with Gasteiger partial charge >= 0.3 is 0 Å². The van der Waals surface area contributed by atoms with Crippen LogP contribution in [0, 0.1) is 0 Å². The van der Waals surface area contributed by atoms with Crippen LogP contribution in [0.5, 0.6) is 0 Å². The molecule has 3 rings (SSSR count). The molecule has 2 aromatic rings. The Hall–Kier alpha value is -2.28. The normalized spacial score (nSPS) is 21.4. The Kier molecular flexibility index (Phi) is 4.66. The fourth-order valence-electron chi connectivity index (χ4n) is 2.58. The van der Waals surface area contributed by atoms with Crippen molar-refractivity contribution >= 4 is 5.91 Å². The first-order valence-corrected chi connectivity index (χ1v) is 7.77. The molecule has 3 heterocycles. The van der Waals surface area contributed by atoms with Crippen LogP contribution in [0.2, 0.25) is 0 Å². The second-order valence-corrected chi connectivity index (χ2v) is 5.79. The summed E-state index contributed by atoms with van der Waals surface area (Å²) in [6.07, 6.45) is 4.23. The Morgan fingerprint density at radius 2 is 2.30 bits per heavy atom. The zero-order valence-electron chi connectivity index (χ0n) is 13.3. The van der Waals surface area contributed by atoms with E-state index >= 15 is 0 Å². The molecule has 1 aliphatic rings. The average molecular weight is 316 g/mol. The summed E-state index contributed by atoms with van der Waals surface area (Å²) in [5.74, 6) is 1.05. The van der Waals surface area contributed by atoms with E-state index < -0.39 is 0 Å². The number of amides is 1. The number of nitrogens with zero attached hydrogens (tertiary/aromatic N) is 4. The van der Waals surface area contributed by atoms with Gasteiger partial charge in [-0.05, 0) is 26.0 Å². The Labute approximate surface area is 134 Å². The van der Waals surface area contributed by atoms with Gasteiger partial charge in [-0.3, -0.25) is 9.78 Å². The highest BCUT2D eigenvalue weighted by atomic mass is 16.5. The number of aryl methyl sites for hydroxylation is 1. The second kappa shape index (κ2) is 6.87. The van der Waals surface area contributed by atoms with E-state index in [4.69, 9.17) is 9.26 Å². The van der Waals surface area contributed by atoms with Gasteiger partial charge in [-0.1, -0.05) is 5.16 Å². The highest BCUT2D eigenvalue weighted by Crippen LogP contribution is 2.16. The summed E-state index contributed by atoms with van der Waals surface area (Å²) in [6.45, 7) is 5.19. The predicted molar refractivity (Wildman–Crippen MR) is 82.4 cm³/mol. The van der Waals surface area contributed by atoms with Crippen molar-refractivity contribution in [2.45, 2.75) is 38.8 Å². The van der Waals surface area contributed by atoms with Gasteiger partial charge in [-0.15, -0.1) is 0 Å². The lowest BCUT2D eigenvalue weighted by atomic mass is 10.1. The number of pyridine rings is 1. The molecule has 0 saturated carbocycles. The lowest BCUT2D eigenvalue weighted by molar-refractivity contribution is -0.143. The van der Waals surface area contributed by atoms with Crippen LogP contribution in [0.4, 0.5) is 0 Å². The summed E-state index contributed by atoms with van der Waals surface area (Å²) in [7, 11) is 0. The molecule has 0 radical (unpaired) electrons. The van der Waals surface area contributed by atoms with Crippen LogP contribution in [-0.4, -0.2) is 51.2 Å². The highest BCUT2D eigenvalue weighted by molar-refractivity contribution is 5.76. The number of carbonyl (C=O) groups excluding carboxylic acids is 1. The van der Waals surface area contributed by atoms with Gasteiger partial charge in [-0.25, -0.2) is 0 Å². The zero-order valence-corrected chi connectivity index (χ0v) is 13.3. The molecule has 1 aliphatic heterocycles. The van der Waals surface area contributed by atoms with Crippen molar-refractivity contribution in [3.8, 4) is 11.4 Å². The molecular weight excluding hydrogens is 296 g/mol. The summed E-state index contributed by atoms with van der Waals surface area (Å²) in [5, 5.41) is 3.93. The molecule has 0 spiro atoms. The largest absolute Gasteiger partial charge is 0.375 e. The lowest BCUT2D eigenvalue weighted by Gasteiger charge is -2.36. The van der Waals surface area contributed by atoms with Crippen molar-refractivity contribution in [2.24, 2.45) is 0 Å². The van der Waals surface area contributed by atoms with Crippen molar-refractivity contribution in [3.63, 3.8) is 0 Å². The van der Waals surface area contributed by atoms with E-state index in [0.29, 0.717) is 37.7 Å². The first-order valence-electron chi connectivity index (χ1n) is 7.77. The fraction of sp³-hybridized carbons (Fsp3) is 0.500. The summed E-state index contributed by atoms with van der Waals surface area (Å²) in [6, 6.07) is 3.78.